The van der Waals surface area contributed by atoms with Crippen molar-refractivity contribution in [1.82, 2.24) is 0 Å². The molecule has 0 N–H and O–H groups in total. The summed E-state index contributed by atoms with van der Waals surface area (Å²) in [4.78, 5) is 11.5. The van der Waals surface area contributed by atoms with Gasteiger partial charge in [-0.15, -0.1) is 0 Å². The largest absolute Gasteiger partial charge is 0.513 e. The van der Waals surface area contributed by atoms with Crippen molar-refractivity contribution >= 4 is 6.16 Å². The maximum absolute atomic E-state index is 11.5. The first kappa shape index (κ1) is 18.1. The summed E-state index contributed by atoms with van der Waals surface area (Å²) >= 11 is 0. The summed E-state index contributed by atoms with van der Waals surface area (Å²) in [6.07, 6.45) is 6.00. The maximum Gasteiger partial charge on any atom is 0.513 e. The van der Waals surface area contributed by atoms with Crippen LogP contribution in [0.25, 0.3) is 0 Å². The quantitative estimate of drug-likeness (QED) is 0.343. The third-order valence-electron chi connectivity index (χ3n) is 3.87. The molecule has 0 fully saturated rings. The van der Waals surface area contributed by atoms with E-state index >= 15 is 0 Å². The molecular weight excluding hydrogens is 300 g/mol. The van der Waals surface area contributed by atoms with Crippen molar-refractivity contribution in [3.63, 3.8) is 0 Å². The minimum Gasteiger partial charge on any atom is -0.434 e. The van der Waals surface area contributed by atoms with Gasteiger partial charge < -0.3 is 9.47 Å². The molecule has 3 nitrogen and oxygen atoms in total. The summed E-state index contributed by atoms with van der Waals surface area (Å²) < 4.78 is 10.2. The molecule has 3 heteroatoms. The maximum atomic E-state index is 11.5. The molecule has 2 rings (SSSR count). The van der Waals surface area contributed by atoms with E-state index in [-0.39, 0.29) is 0 Å². The average molecular weight is 326 g/mol. The summed E-state index contributed by atoms with van der Waals surface area (Å²) in [7, 11) is 0. The monoisotopic (exact) mass is 326 g/mol. The van der Waals surface area contributed by atoms with Crippen molar-refractivity contribution in [2.45, 2.75) is 45.4 Å². The van der Waals surface area contributed by atoms with E-state index in [1.807, 2.05) is 18.2 Å². The van der Waals surface area contributed by atoms with Crippen LogP contribution in [0.4, 0.5) is 4.79 Å². The zero-order valence-electron chi connectivity index (χ0n) is 14.4. The molecule has 0 aliphatic rings. The van der Waals surface area contributed by atoms with E-state index < -0.39 is 6.16 Å². The Bertz CT molecular complexity index is 590. The van der Waals surface area contributed by atoms with Crippen LogP contribution in [0.3, 0.4) is 0 Å². The van der Waals surface area contributed by atoms with Crippen LogP contribution in [0.15, 0.2) is 54.6 Å². The summed E-state index contributed by atoms with van der Waals surface area (Å²) in [5.74, 6) is 0.501. The Hall–Kier alpha value is -2.29. The van der Waals surface area contributed by atoms with E-state index in [4.69, 9.17) is 9.47 Å². The SMILES string of the molecule is CCCCCc1ccc(CCCOC(=O)Oc2ccccc2)cc1. The van der Waals surface area contributed by atoms with Crippen LogP contribution in [0.1, 0.15) is 43.7 Å². The summed E-state index contributed by atoms with van der Waals surface area (Å²) in [6, 6.07) is 17.7. The zero-order valence-corrected chi connectivity index (χ0v) is 14.4. The first-order valence-electron chi connectivity index (χ1n) is 8.75. The number of rotatable bonds is 9. The lowest BCUT2D eigenvalue weighted by molar-refractivity contribution is 0.0981. The highest BCUT2D eigenvalue weighted by Gasteiger charge is 2.05. The molecule has 0 aliphatic carbocycles. The molecule has 0 radical (unpaired) electrons. The van der Waals surface area contributed by atoms with E-state index in [2.05, 4.69) is 31.2 Å². The fraction of sp³-hybridized carbons (Fsp3) is 0.381. The van der Waals surface area contributed by atoms with Gasteiger partial charge in [0.2, 0.25) is 0 Å². The Kier molecular flexibility index (Phi) is 7.88. The van der Waals surface area contributed by atoms with E-state index in [0.717, 1.165) is 19.3 Å². The number of carbonyl (C=O) groups excluding carboxylic acids is 1. The molecule has 0 amide bonds. The van der Waals surface area contributed by atoms with Crippen LogP contribution in [0.2, 0.25) is 0 Å². The highest BCUT2D eigenvalue weighted by Crippen LogP contribution is 2.11. The van der Waals surface area contributed by atoms with Crippen molar-refractivity contribution in [1.29, 1.82) is 0 Å². The molecule has 2 aromatic rings. The van der Waals surface area contributed by atoms with Crippen molar-refractivity contribution < 1.29 is 14.3 Å². The molecular formula is C21H26O3. The molecule has 0 bridgehead atoms. The highest BCUT2D eigenvalue weighted by atomic mass is 16.7. The highest BCUT2D eigenvalue weighted by molar-refractivity contribution is 5.63. The van der Waals surface area contributed by atoms with Gasteiger partial charge in [-0.1, -0.05) is 62.2 Å². The number of aryl methyl sites for hydroxylation is 2. The minimum absolute atomic E-state index is 0.365. The van der Waals surface area contributed by atoms with Crippen molar-refractivity contribution in [2.24, 2.45) is 0 Å². The number of hydrogen-bond acceptors (Lipinski definition) is 3. The Morgan fingerprint density at radius 3 is 2.08 bits per heavy atom. The second-order valence-corrected chi connectivity index (χ2v) is 5.89. The second-order valence-electron chi connectivity index (χ2n) is 5.89. The predicted molar refractivity (Wildman–Crippen MR) is 96.4 cm³/mol. The molecule has 0 aromatic heterocycles. The van der Waals surface area contributed by atoms with Crippen LogP contribution >= 0.6 is 0 Å². The minimum atomic E-state index is -0.646. The molecule has 0 saturated carbocycles. The van der Waals surface area contributed by atoms with Gasteiger partial charge in [0.05, 0.1) is 6.61 Å². The van der Waals surface area contributed by atoms with Crippen LogP contribution in [0.5, 0.6) is 5.75 Å². The Labute approximate surface area is 144 Å². The van der Waals surface area contributed by atoms with Crippen molar-refractivity contribution in [3.05, 3.63) is 65.7 Å². The second kappa shape index (κ2) is 10.5. The fourth-order valence-electron chi connectivity index (χ4n) is 2.50. The van der Waals surface area contributed by atoms with Gasteiger partial charge in [0.15, 0.2) is 0 Å². The number of unbranched alkanes of at least 4 members (excludes halogenated alkanes) is 2. The van der Waals surface area contributed by atoms with Gasteiger partial charge in [0.25, 0.3) is 0 Å². The molecule has 0 atom stereocenters. The molecule has 0 unspecified atom stereocenters. The van der Waals surface area contributed by atoms with Gasteiger partial charge in [-0.05, 0) is 48.9 Å². The number of para-hydroxylation sites is 1. The lowest BCUT2D eigenvalue weighted by atomic mass is 10.0. The van der Waals surface area contributed by atoms with Gasteiger partial charge in [-0.25, -0.2) is 4.79 Å². The van der Waals surface area contributed by atoms with Crippen LogP contribution < -0.4 is 4.74 Å². The van der Waals surface area contributed by atoms with Gasteiger partial charge in [-0.3, -0.25) is 0 Å². The third-order valence-corrected chi connectivity index (χ3v) is 3.87. The summed E-state index contributed by atoms with van der Waals surface area (Å²) in [6.45, 7) is 2.59. The Morgan fingerprint density at radius 1 is 0.833 bits per heavy atom. The molecule has 24 heavy (non-hydrogen) atoms. The number of benzene rings is 2. The smallest absolute Gasteiger partial charge is 0.434 e. The topological polar surface area (TPSA) is 35.5 Å². The lowest BCUT2D eigenvalue weighted by Crippen LogP contribution is -2.11. The normalized spacial score (nSPS) is 10.4. The zero-order chi connectivity index (χ0) is 17.0. The van der Waals surface area contributed by atoms with Gasteiger partial charge in [0.1, 0.15) is 5.75 Å². The summed E-state index contributed by atoms with van der Waals surface area (Å²) in [5.41, 5.74) is 2.67. The molecule has 128 valence electrons. The average Bonchev–Trinajstić information content (AvgIpc) is 2.61. The van der Waals surface area contributed by atoms with E-state index in [1.165, 1.54) is 30.4 Å². The first-order valence-corrected chi connectivity index (χ1v) is 8.75. The lowest BCUT2D eigenvalue weighted by Gasteiger charge is -2.06. The molecule has 0 aliphatic heterocycles. The third kappa shape index (κ3) is 6.86. The Morgan fingerprint density at radius 2 is 1.46 bits per heavy atom. The van der Waals surface area contributed by atoms with Crippen LogP contribution in [-0.4, -0.2) is 12.8 Å². The van der Waals surface area contributed by atoms with Gasteiger partial charge in [0, 0.05) is 0 Å². The molecule has 0 spiro atoms. The van der Waals surface area contributed by atoms with Crippen molar-refractivity contribution in [2.75, 3.05) is 6.61 Å². The molecule has 0 heterocycles. The number of ether oxygens (including phenoxy) is 2. The van der Waals surface area contributed by atoms with Crippen LogP contribution in [0, 0.1) is 0 Å². The number of hydrogen-bond donors (Lipinski definition) is 0. The standard InChI is InChI=1S/C21H26O3/c1-2-3-5-9-18-13-15-19(16-14-18)10-8-17-23-21(22)24-20-11-6-4-7-12-20/h4,6-7,11-16H,2-3,5,8-10,17H2,1H3. The number of carbonyl (C=O) groups is 1. The van der Waals surface area contributed by atoms with Gasteiger partial charge in [-0.2, -0.15) is 0 Å². The first-order chi connectivity index (χ1) is 11.8. The van der Waals surface area contributed by atoms with E-state index in [9.17, 15) is 4.79 Å². The Balaban J connectivity index is 1.62. The van der Waals surface area contributed by atoms with E-state index in [0.29, 0.717) is 12.4 Å². The fourth-order valence-corrected chi connectivity index (χ4v) is 2.50. The van der Waals surface area contributed by atoms with Crippen LogP contribution in [-0.2, 0) is 17.6 Å². The summed E-state index contributed by atoms with van der Waals surface area (Å²) in [5, 5.41) is 0. The van der Waals surface area contributed by atoms with Gasteiger partial charge >= 0.3 is 6.16 Å². The predicted octanol–water partition coefficient (Wildman–Crippen LogP) is 5.57. The van der Waals surface area contributed by atoms with E-state index in [1.54, 1.807) is 12.1 Å². The molecule has 2 aromatic carbocycles. The van der Waals surface area contributed by atoms with Crippen molar-refractivity contribution in [3.8, 4) is 5.75 Å². The molecule has 0 saturated heterocycles.